The number of aliphatic carboxylic acids is 1. The predicted molar refractivity (Wildman–Crippen MR) is 99.6 cm³/mol. The first-order chi connectivity index (χ1) is 12.9. The second-order valence-electron chi connectivity index (χ2n) is 8.29. The van der Waals surface area contributed by atoms with Crippen LogP contribution in [0.3, 0.4) is 0 Å². The maximum atomic E-state index is 14.4. The smallest absolute Gasteiger partial charge is 0.309 e. The van der Waals surface area contributed by atoms with Gasteiger partial charge in [0.25, 0.3) is 0 Å². The average molecular weight is 369 g/mol. The molecule has 4 rings (SSSR count). The van der Waals surface area contributed by atoms with E-state index in [4.69, 9.17) is 0 Å². The number of carbonyl (C=O) groups is 1. The normalized spacial score (nSPS) is 17.1. The fraction of sp³-hybridized carbons (Fsp3) is 0.476. The summed E-state index contributed by atoms with van der Waals surface area (Å²) in [6.07, 6.45) is 3.92. The standard InChI is InChI=1S/C21H24FN3O2/c1-21(2,19(26)27)11-18-23-24-20(22)25(18)12-14-9-10-16(13-7-8-13)17-6-4-3-5-15(14)17/h3-6,13H,7-12H2,1-2H3,(H,26,27). The van der Waals surface area contributed by atoms with Gasteiger partial charge in [0, 0.05) is 13.0 Å². The van der Waals surface area contributed by atoms with Gasteiger partial charge in [0.15, 0.2) is 0 Å². The van der Waals surface area contributed by atoms with Crippen molar-refractivity contribution in [1.82, 2.24) is 14.8 Å². The molecule has 1 fully saturated rings. The van der Waals surface area contributed by atoms with Crippen molar-refractivity contribution in [3.63, 3.8) is 0 Å². The topological polar surface area (TPSA) is 68.0 Å². The third-order valence-electron chi connectivity index (χ3n) is 5.73. The highest BCUT2D eigenvalue weighted by Crippen LogP contribution is 2.40. The molecule has 0 unspecified atom stereocenters. The summed E-state index contributed by atoms with van der Waals surface area (Å²) in [6.45, 7) is 3.59. The molecule has 1 saturated carbocycles. The Balaban J connectivity index is 1.75. The molecule has 1 N–H and O–H groups in total. The van der Waals surface area contributed by atoms with Crippen LogP contribution >= 0.6 is 0 Å². The Morgan fingerprint density at radius 3 is 2.59 bits per heavy atom. The van der Waals surface area contributed by atoms with Gasteiger partial charge in [-0.05, 0) is 61.5 Å². The van der Waals surface area contributed by atoms with E-state index in [1.165, 1.54) is 33.4 Å². The van der Waals surface area contributed by atoms with E-state index in [1.807, 2.05) is 6.07 Å². The SMILES string of the molecule is CC(C)(Cc1nnc(F)n1CC1=c2ccccc2=C(C2CC2)CC1)C(=O)O. The number of rotatable bonds is 6. The van der Waals surface area contributed by atoms with Crippen molar-refractivity contribution in [2.45, 2.75) is 52.5 Å². The van der Waals surface area contributed by atoms with Crippen LogP contribution in [0.1, 0.15) is 45.4 Å². The molecule has 0 atom stereocenters. The number of carboxylic acid groups (broad SMARTS) is 1. The summed E-state index contributed by atoms with van der Waals surface area (Å²) in [5, 5.41) is 19.3. The van der Waals surface area contributed by atoms with Gasteiger partial charge in [0.1, 0.15) is 5.82 Å². The van der Waals surface area contributed by atoms with Crippen molar-refractivity contribution in [3.8, 4) is 0 Å². The summed E-state index contributed by atoms with van der Waals surface area (Å²) < 4.78 is 15.8. The Labute approximate surface area is 157 Å². The van der Waals surface area contributed by atoms with E-state index in [-0.39, 0.29) is 6.42 Å². The third kappa shape index (κ3) is 3.40. The molecule has 0 bridgehead atoms. The van der Waals surface area contributed by atoms with Crippen LogP contribution in [0.15, 0.2) is 24.3 Å². The van der Waals surface area contributed by atoms with E-state index < -0.39 is 17.5 Å². The van der Waals surface area contributed by atoms with Gasteiger partial charge in [0.05, 0.1) is 5.41 Å². The number of hydrogen-bond acceptors (Lipinski definition) is 3. The molecule has 0 amide bonds. The lowest BCUT2D eigenvalue weighted by molar-refractivity contribution is -0.146. The van der Waals surface area contributed by atoms with Crippen LogP contribution in [0.5, 0.6) is 0 Å². The maximum Gasteiger partial charge on any atom is 0.309 e. The van der Waals surface area contributed by atoms with E-state index in [0.29, 0.717) is 18.3 Å². The molecule has 0 saturated heterocycles. The molecule has 0 aliphatic heterocycles. The van der Waals surface area contributed by atoms with Crippen LogP contribution < -0.4 is 10.4 Å². The highest BCUT2D eigenvalue weighted by atomic mass is 19.1. The molecule has 2 aliphatic rings. The second kappa shape index (κ2) is 6.59. The molecular weight excluding hydrogens is 345 g/mol. The first kappa shape index (κ1) is 17.9. The summed E-state index contributed by atoms with van der Waals surface area (Å²) >= 11 is 0. The van der Waals surface area contributed by atoms with Gasteiger partial charge in [-0.25, -0.2) is 0 Å². The summed E-state index contributed by atoms with van der Waals surface area (Å²) in [7, 11) is 0. The number of hydrogen-bond donors (Lipinski definition) is 1. The van der Waals surface area contributed by atoms with Gasteiger partial charge < -0.3 is 5.11 Å². The molecule has 0 spiro atoms. The van der Waals surface area contributed by atoms with Gasteiger partial charge in [0.2, 0.25) is 0 Å². The van der Waals surface area contributed by atoms with Gasteiger partial charge in [-0.3, -0.25) is 9.36 Å². The lowest BCUT2D eigenvalue weighted by atomic mass is 9.89. The fourth-order valence-corrected chi connectivity index (χ4v) is 3.91. The van der Waals surface area contributed by atoms with Crippen molar-refractivity contribution in [3.05, 3.63) is 46.6 Å². The van der Waals surface area contributed by atoms with E-state index in [9.17, 15) is 14.3 Å². The largest absolute Gasteiger partial charge is 0.481 e. The van der Waals surface area contributed by atoms with Crippen molar-refractivity contribution >= 4 is 17.1 Å². The first-order valence-electron chi connectivity index (χ1n) is 9.48. The number of carboxylic acids is 1. The van der Waals surface area contributed by atoms with Crippen LogP contribution in [-0.2, 0) is 17.8 Å². The van der Waals surface area contributed by atoms with Gasteiger partial charge in [-0.2, -0.15) is 4.39 Å². The van der Waals surface area contributed by atoms with Crippen LogP contribution in [0.25, 0.3) is 11.1 Å². The minimum absolute atomic E-state index is 0.133. The molecule has 5 nitrogen and oxygen atoms in total. The Bertz CT molecular complexity index is 1020. The van der Waals surface area contributed by atoms with Crippen LogP contribution in [0.4, 0.5) is 4.39 Å². The monoisotopic (exact) mass is 369 g/mol. The Hall–Kier alpha value is -2.50. The molecule has 1 aromatic carbocycles. The third-order valence-corrected chi connectivity index (χ3v) is 5.73. The minimum Gasteiger partial charge on any atom is -0.481 e. The van der Waals surface area contributed by atoms with Crippen molar-refractivity contribution in [1.29, 1.82) is 0 Å². The van der Waals surface area contributed by atoms with E-state index in [2.05, 4.69) is 28.4 Å². The zero-order valence-corrected chi connectivity index (χ0v) is 15.7. The van der Waals surface area contributed by atoms with Crippen molar-refractivity contribution in [2.24, 2.45) is 11.3 Å². The number of halogens is 1. The molecule has 6 heteroatoms. The van der Waals surface area contributed by atoms with Gasteiger partial charge in [-0.15, -0.1) is 5.10 Å². The Morgan fingerprint density at radius 2 is 1.93 bits per heavy atom. The molecule has 27 heavy (non-hydrogen) atoms. The molecular formula is C21H24FN3O2. The minimum atomic E-state index is -1.03. The summed E-state index contributed by atoms with van der Waals surface area (Å²) in [5.41, 5.74) is 1.66. The highest BCUT2D eigenvalue weighted by molar-refractivity contribution is 5.73. The lowest BCUT2D eigenvalue weighted by Gasteiger charge is -2.21. The summed E-state index contributed by atoms with van der Waals surface area (Å²) in [4.78, 5) is 11.4. The first-order valence-corrected chi connectivity index (χ1v) is 9.48. The molecule has 142 valence electrons. The molecule has 0 radical (unpaired) electrons. The fourth-order valence-electron chi connectivity index (χ4n) is 3.91. The van der Waals surface area contributed by atoms with E-state index in [0.717, 1.165) is 18.4 Å². The maximum absolute atomic E-state index is 14.4. The Kier molecular flexibility index (Phi) is 4.36. The predicted octanol–water partition coefficient (Wildman–Crippen LogP) is 2.28. The molecule has 1 heterocycles. The highest BCUT2D eigenvalue weighted by Gasteiger charge is 2.31. The van der Waals surface area contributed by atoms with Crippen molar-refractivity contribution in [2.75, 3.05) is 0 Å². The summed E-state index contributed by atoms with van der Waals surface area (Å²) in [6, 6.07) is 8.35. The van der Waals surface area contributed by atoms with Crippen LogP contribution in [0.2, 0.25) is 0 Å². The molecule has 2 aromatic rings. The Morgan fingerprint density at radius 1 is 1.22 bits per heavy atom. The van der Waals surface area contributed by atoms with Crippen LogP contribution in [0, 0.1) is 17.4 Å². The van der Waals surface area contributed by atoms with Crippen LogP contribution in [-0.4, -0.2) is 25.8 Å². The van der Waals surface area contributed by atoms with Crippen molar-refractivity contribution < 1.29 is 14.3 Å². The lowest BCUT2D eigenvalue weighted by Crippen LogP contribution is -2.34. The zero-order valence-electron chi connectivity index (χ0n) is 15.7. The zero-order chi connectivity index (χ0) is 19.2. The van der Waals surface area contributed by atoms with Gasteiger partial charge in [-0.1, -0.05) is 34.9 Å². The van der Waals surface area contributed by atoms with E-state index >= 15 is 0 Å². The number of aromatic nitrogens is 3. The average Bonchev–Trinajstić information content (AvgIpc) is 3.42. The van der Waals surface area contributed by atoms with E-state index in [1.54, 1.807) is 13.8 Å². The second-order valence-corrected chi connectivity index (χ2v) is 8.29. The quantitative estimate of drug-likeness (QED) is 0.848. The number of fused-ring (bicyclic) bond motifs is 1. The number of benzene rings is 1. The molecule has 2 aliphatic carbocycles. The van der Waals surface area contributed by atoms with Gasteiger partial charge >= 0.3 is 12.0 Å². The number of nitrogens with zero attached hydrogens (tertiary/aromatic N) is 3. The molecule has 1 aromatic heterocycles. The summed E-state index contributed by atoms with van der Waals surface area (Å²) in [5.74, 6) is 0.157.